The number of nitrogens with two attached hydrogens (primary N) is 3. The lowest BCUT2D eigenvalue weighted by atomic mass is 10.1. The molecule has 1 aliphatic heterocycles. The van der Waals surface area contributed by atoms with Crippen LogP contribution in [0.15, 0.2) is 102 Å². The molecular weight excluding hydrogens is 871 g/mol. The molecule has 364 valence electrons. The summed E-state index contributed by atoms with van der Waals surface area (Å²) in [7, 11) is 4.97. The first-order chi connectivity index (χ1) is 32.7. The van der Waals surface area contributed by atoms with Crippen LogP contribution in [0.5, 0.6) is 5.75 Å². The first-order valence-electron chi connectivity index (χ1n) is 21.9. The molecule has 0 aliphatic carbocycles. The number of aryl methyl sites for hydroxylation is 4. The summed E-state index contributed by atoms with van der Waals surface area (Å²) in [5, 5.41) is 18.7. The summed E-state index contributed by atoms with van der Waals surface area (Å²) in [6.45, 7) is 18.9. The molecule has 8 N–H and O–H groups in total. The van der Waals surface area contributed by atoms with Gasteiger partial charge in [-0.3, -0.25) is 38.2 Å². The van der Waals surface area contributed by atoms with E-state index >= 15 is 0 Å². The zero-order chi connectivity index (χ0) is 50.3. The minimum atomic E-state index is -0.609. The third kappa shape index (κ3) is 14.6. The Bertz CT molecular complexity index is 2610. The minimum Gasteiger partial charge on any atom is -0.495 e. The minimum absolute atomic E-state index is 0.226. The van der Waals surface area contributed by atoms with Crippen LogP contribution in [0.3, 0.4) is 0 Å². The lowest BCUT2D eigenvalue weighted by molar-refractivity contribution is -0.114. The summed E-state index contributed by atoms with van der Waals surface area (Å²) in [6.07, 6.45) is 15.6. The van der Waals surface area contributed by atoms with Crippen LogP contribution in [0, 0.1) is 13.8 Å². The summed E-state index contributed by atoms with van der Waals surface area (Å²) >= 11 is 0. The second-order valence-electron chi connectivity index (χ2n) is 14.2. The van der Waals surface area contributed by atoms with Gasteiger partial charge in [0.25, 0.3) is 0 Å². The predicted molar refractivity (Wildman–Crippen MR) is 265 cm³/mol. The molecule has 0 unspecified atom stereocenters. The van der Waals surface area contributed by atoms with Crippen LogP contribution in [0.1, 0.15) is 70.4 Å². The van der Waals surface area contributed by atoms with Gasteiger partial charge in [-0.2, -0.15) is 15.3 Å². The number of aromatic nitrogens is 8. The van der Waals surface area contributed by atoms with Crippen LogP contribution in [-0.4, -0.2) is 115 Å². The van der Waals surface area contributed by atoms with Gasteiger partial charge in [-0.25, -0.2) is 4.98 Å². The Balaban J connectivity index is 0.000000453. The van der Waals surface area contributed by atoms with E-state index in [1.807, 2.05) is 75.3 Å². The Morgan fingerprint density at radius 3 is 2.04 bits per heavy atom. The standard InChI is InChI=1S/C31H39N11O4.2C7H10N2O.C2H6/c1-5-20(28(33)43)15-25(45-4)24-18-37-30(35-2)41(24)11-6-7-12-42-27-23(39-31(42)36-3)14-21(29(34)44)16-26(27)46-13-9-8-10-40-19-22(32)17-38-40;2*1-3-9-7(5-10)4-6(2)8-9;1-2/h5-9,14-17,19H,1,10-13,18,32H2,2-4H3,(H2,33,43)(H2,34,44)(H,35,37)(H,36,39);2*4-5H,3H2,1-2H3;1-2H3/b7-6+,9-8+,20-15+,25-24-;;;. The summed E-state index contributed by atoms with van der Waals surface area (Å²) in [5.74, 6) is 0.942. The fourth-order valence-electron chi connectivity index (χ4n) is 6.64. The number of carbonyl (C=O) groups is 4. The molecule has 21 heteroatoms. The van der Waals surface area contributed by atoms with E-state index in [9.17, 15) is 19.2 Å². The van der Waals surface area contributed by atoms with Crippen LogP contribution in [0.2, 0.25) is 0 Å². The van der Waals surface area contributed by atoms with Gasteiger partial charge < -0.3 is 46.8 Å². The molecule has 6 rings (SSSR count). The summed E-state index contributed by atoms with van der Waals surface area (Å²) < 4.78 is 18.7. The molecule has 0 atom stereocenters. The smallest absolute Gasteiger partial charge is 0.248 e. The van der Waals surface area contributed by atoms with Crippen molar-refractivity contribution in [3.05, 3.63) is 125 Å². The number of amides is 2. The van der Waals surface area contributed by atoms with Crippen molar-refractivity contribution in [2.24, 2.45) is 16.5 Å². The second kappa shape index (κ2) is 27.3. The number of ether oxygens (including phenoxy) is 2. The Hall–Kier alpha value is -8.23. The predicted octanol–water partition coefficient (Wildman–Crippen LogP) is 4.57. The van der Waals surface area contributed by atoms with E-state index in [0.29, 0.717) is 77.7 Å². The van der Waals surface area contributed by atoms with Gasteiger partial charge in [0.1, 0.15) is 35.0 Å². The SMILES string of the molecule is C=C/C(=C\C(OC)=C1/CNC(=NC)N1C/C=C/Cn1c(NC)nc2cc(C(N)=O)cc(OC/C=C/Cn3cc(N)cn3)c21)C(N)=O.CC.CCn1nc(C)cc1C=O.CCn1nc(C)cc1C=O. The number of anilines is 2. The molecule has 0 spiro atoms. The highest BCUT2D eigenvalue weighted by atomic mass is 16.5. The maximum absolute atomic E-state index is 12.1. The van der Waals surface area contributed by atoms with Crippen molar-refractivity contribution in [1.82, 2.24) is 49.1 Å². The number of rotatable bonds is 19. The monoisotopic (exact) mass is 936 g/mol. The van der Waals surface area contributed by atoms with Gasteiger partial charge in [0.15, 0.2) is 18.5 Å². The summed E-state index contributed by atoms with van der Waals surface area (Å²) in [5.41, 5.74) is 23.0. The number of carbonyl (C=O) groups excluding carboxylic acids is 4. The Kier molecular flexibility index (Phi) is 21.7. The van der Waals surface area contributed by atoms with Crippen molar-refractivity contribution in [3.63, 3.8) is 0 Å². The number of hydrogen-bond acceptors (Lipinski definition) is 13. The molecule has 0 radical (unpaired) electrons. The Labute approximate surface area is 396 Å². The fraction of sp³-hybridized carbons (Fsp3) is 0.340. The number of fused-ring (bicyclic) bond motifs is 1. The Morgan fingerprint density at radius 1 is 0.941 bits per heavy atom. The molecule has 68 heavy (non-hydrogen) atoms. The zero-order valence-corrected chi connectivity index (χ0v) is 40.4. The highest BCUT2D eigenvalue weighted by Crippen LogP contribution is 2.31. The topological polar surface area (TPSA) is 276 Å². The highest BCUT2D eigenvalue weighted by Gasteiger charge is 2.26. The lowest BCUT2D eigenvalue weighted by Gasteiger charge is -2.19. The summed E-state index contributed by atoms with van der Waals surface area (Å²) in [6, 6.07) is 6.81. The van der Waals surface area contributed by atoms with E-state index in [-0.39, 0.29) is 17.7 Å². The molecule has 2 amide bonds. The van der Waals surface area contributed by atoms with Gasteiger partial charge in [0.2, 0.25) is 17.8 Å². The average Bonchev–Trinajstić information content (AvgIpc) is 4.19. The number of methoxy groups -OCH3 is 1. The van der Waals surface area contributed by atoms with Crippen molar-refractivity contribution >= 4 is 53.0 Å². The first kappa shape index (κ1) is 54.1. The van der Waals surface area contributed by atoms with Crippen molar-refractivity contribution in [2.45, 2.75) is 67.7 Å². The number of hydrogen-bond donors (Lipinski definition) is 5. The molecule has 1 aliphatic rings. The van der Waals surface area contributed by atoms with Gasteiger partial charge >= 0.3 is 0 Å². The zero-order valence-electron chi connectivity index (χ0n) is 40.4. The number of nitrogens with one attached hydrogen (secondary N) is 2. The van der Waals surface area contributed by atoms with Gasteiger partial charge in [-0.15, -0.1) is 0 Å². The molecule has 21 nitrogen and oxygen atoms in total. The second-order valence-corrected chi connectivity index (χ2v) is 14.2. The van der Waals surface area contributed by atoms with Gasteiger partial charge in [0.05, 0.1) is 54.7 Å². The van der Waals surface area contributed by atoms with Crippen molar-refractivity contribution < 1.29 is 28.7 Å². The van der Waals surface area contributed by atoms with Gasteiger partial charge in [0, 0.05) is 57.6 Å². The molecule has 5 aromatic rings. The molecule has 0 bridgehead atoms. The van der Waals surface area contributed by atoms with E-state index in [2.05, 4.69) is 42.5 Å². The van der Waals surface area contributed by atoms with E-state index in [1.54, 1.807) is 70.9 Å². The first-order valence-corrected chi connectivity index (χ1v) is 21.9. The average molecular weight is 936 g/mol. The number of allylic oxidation sites excluding steroid dienone is 3. The molecule has 0 saturated carbocycles. The van der Waals surface area contributed by atoms with Gasteiger partial charge in [-0.1, -0.05) is 44.7 Å². The van der Waals surface area contributed by atoms with E-state index in [1.165, 1.54) is 13.2 Å². The highest BCUT2D eigenvalue weighted by molar-refractivity contribution is 5.99. The van der Waals surface area contributed by atoms with E-state index < -0.39 is 11.8 Å². The maximum atomic E-state index is 12.1. The maximum Gasteiger partial charge on any atom is 0.248 e. The van der Waals surface area contributed by atoms with Crippen molar-refractivity contribution in [3.8, 4) is 5.75 Å². The normalized spacial score (nSPS) is 13.5. The number of guanidine groups is 1. The number of primary amides is 2. The number of benzene rings is 1. The number of aldehydes is 2. The van der Waals surface area contributed by atoms with Crippen LogP contribution in [0.4, 0.5) is 11.6 Å². The van der Waals surface area contributed by atoms with Crippen LogP contribution >= 0.6 is 0 Å². The Morgan fingerprint density at radius 2 is 1.56 bits per heavy atom. The lowest BCUT2D eigenvalue weighted by Crippen LogP contribution is -2.30. The van der Waals surface area contributed by atoms with Crippen LogP contribution in [-0.2, 0) is 35.7 Å². The number of imidazole rings is 1. The third-order valence-electron chi connectivity index (χ3n) is 9.71. The fourth-order valence-corrected chi connectivity index (χ4v) is 6.64. The largest absolute Gasteiger partial charge is 0.495 e. The van der Waals surface area contributed by atoms with Gasteiger partial charge in [-0.05, 0) is 64.1 Å². The van der Waals surface area contributed by atoms with E-state index in [0.717, 1.165) is 42.7 Å². The number of nitrogens with zero attached hydrogens (tertiary/aromatic N) is 10. The molecule has 4 aromatic heterocycles. The number of nitrogen functional groups attached to an aromatic ring is 1. The quantitative estimate of drug-likeness (QED) is 0.0250. The molecule has 1 fully saturated rings. The molecule has 5 heterocycles. The number of aliphatic imine (C=N–C) groups is 1. The molecule has 1 saturated heterocycles. The van der Waals surface area contributed by atoms with Crippen LogP contribution < -0.4 is 32.6 Å². The van der Waals surface area contributed by atoms with Crippen molar-refractivity contribution in [1.29, 1.82) is 0 Å². The third-order valence-corrected chi connectivity index (χ3v) is 9.71. The van der Waals surface area contributed by atoms with E-state index in [4.69, 9.17) is 26.7 Å². The van der Waals surface area contributed by atoms with Crippen LogP contribution in [0.25, 0.3) is 11.0 Å². The summed E-state index contributed by atoms with van der Waals surface area (Å²) in [4.78, 5) is 55.5. The molecular formula is C47H65N15O6. The molecule has 1 aromatic carbocycles. The van der Waals surface area contributed by atoms with Crippen molar-refractivity contribution in [2.75, 3.05) is 52.0 Å².